The van der Waals surface area contributed by atoms with Gasteiger partial charge in [0.25, 0.3) is 5.24 Å². The molecule has 1 aromatic carbocycles. The van der Waals surface area contributed by atoms with E-state index in [1.165, 1.54) is 12.8 Å². The molecule has 0 atom stereocenters. The molecule has 0 saturated heterocycles. The molecule has 1 aliphatic carbocycles. The largest absolute Gasteiger partial charge is 0.494 e. The van der Waals surface area contributed by atoms with Gasteiger partial charge < -0.3 is 9.30 Å². The lowest BCUT2D eigenvalue weighted by Crippen LogP contribution is -2.03. The molecule has 1 aliphatic rings. The van der Waals surface area contributed by atoms with Gasteiger partial charge in [-0.1, -0.05) is 12.8 Å². The van der Waals surface area contributed by atoms with Crippen LogP contribution in [-0.2, 0) is 7.05 Å². The Morgan fingerprint density at radius 1 is 1.40 bits per heavy atom. The zero-order chi connectivity index (χ0) is 14.3. The first-order chi connectivity index (χ1) is 9.63. The highest BCUT2D eigenvalue weighted by atomic mass is 35.5. The minimum atomic E-state index is -0.478. The SMILES string of the molecule is COc1ccc(C(=O)Cl)c2nc(C3CCCC3)n(C)c12. The van der Waals surface area contributed by atoms with Crippen molar-refractivity contribution in [1.29, 1.82) is 0 Å². The van der Waals surface area contributed by atoms with Crippen molar-refractivity contribution in [2.24, 2.45) is 7.05 Å². The van der Waals surface area contributed by atoms with E-state index in [9.17, 15) is 4.79 Å². The van der Waals surface area contributed by atoms with E-state index in [0.29, 0.717) is 17.0 Å². The predicted octanol–water partition coefficient (Wildman–Crippen LogP) is 3.62. The van der Waals surface area contributed by atoms with Crippen molar-refractivity contribution in [3.05, 3.63) is 23.5 Å². The molecule has 2 aromatic rings. The Morgan fingerprint density at radius 3 is 2.70 bits per heavy atom. The van der Waals surface area contributed by atoms with Crippen molar-refractivity contribution < 1.29 is 9.53 Å². The number of carbonyl (C=O) groups excluding carboxylic acids is 1. The maximum Gasteiger partial charge on any atom is 0.254 e. The average molecular weight is 293 g/mol. The molecule has 0 amide bonds. The van der Waals surface area contributed by atoms with Crippen LogP contribution in [0.3, 0.4) is 0 Å². The third-order valence-corrected chi connectivity index (χ3v) is 4.38. The number of halogens is 1. The second-order valence-corrected chi connectivity index (χ2v) is 5.64. The van der Waals surface area contributed by atoms with Crippen LogP contribution < -0.4 is 4.74 Å². The molecule has 0 radical (unpaired) electrons. The molecule has 1 fully saturated rings. The van der Waals surface area contributed by atoms with E-state index in [4.69, 9.17) is 21.3 Å². The quantitative estimate of drug-likeness (QED) is 0.812. The Balaban J connectivity index is 2.27. The average Bonchev–Trinajstić information content (AvgIpc) is 3.05. The maximum absolute atomic E-state index is 11.6. The summed E-state index contributed by atoms with van der Waals surface area (Å²) in [5.74, 6) is 2.22. The molecule has 0 N–H and O–H groups in total. The summed E-state index contributed by atoms with van der Waals surface area (Å²) in [5, 5.41) is -0.478. The number of benzene rings is 1. The van der Waals surface area contributed by atoms with Crippen LogP contribution in [0.25, 0.3) is 11.0 Å². The first kappa shape index (κ1) is 13.4. The Hall–Kier alpha value is -1.55. The van der Waals surface area contributed by atoms with E-state index in [-0.39, 0.29) is 0 Å². The third kappa shape index (κ3) is 1.99. The molecule has 5 heteroatoms. The number of fused-ring (bicyclic) bond motifs is 1. The molecule has 20 heavy (non-hydrogen) atoms. The van der Waals surface area contributed by atoms with E-state index >= 15 is 0 Å². The van der Waals surface area contributed by atoms with Crippen LogP contribution in [0.5, 0.6) is 5.75 Å². The van der Waals surface area contributed by atoms with Crippen LogP contribution in [0.15, 0.2) is 12.1 Å². The molecule has 1 aromatic heterocycles. The summed E-state index contributed by atoms with van der Waals surface area (Å²) in [7, 11) is 3.60. The van der Waals surface area contributed by atoms with E-state index < -0.39 is 5.24 Å². The van der Waals surface area contributed by atoms with Gasteiger partial charge in [0, 0.05) is 13.0 Å². The van der Waals surface area contributed by atoms with Crippen LogP contribution in [0, 0.1) is 0 Å². The molecule has 0 bridgehead atoms. The standard InChI is InChI=1S/C15H17ClN2O2/c1-18-13-11(20-2)8-7-10(14(16)19)12(13)17-15(18)9-5-3-4-6-9/h7-9H,3-6H2,1-2H3. The first-order valence-corrected chi connectivity index (χ1v) is 7.24. The van der Waals surface area contributed by atoms with Crippen LogP contribution in [0.2, 0.25) is 0 Å². The van der Waals surface area contributed by atoms with E-state index in [2.05, 4.69) is 0 Å². The van der Waals surface area contributed by atoms with Crippen LogP contribution in [0.4, 0.5) is 0 Å². The molecule has 0 aliphatic heterocycles. The van der Waals surface area contributed by atoms with E-state index in [1.807, 2.05) is 11.6 Å². The lowest BCUT2D eigenvalue weighted by molar-refractivity contribution is 0.108. The van der Waals surface area contributed by atoms with Crippen LogP contribution in [0.1, 0.15) is 47.8 Å². The van der Waals surface area contributed by atoms with Crippen molar-refractivity contribution in [3.63, 3.8) is 0 Å². The van der Waals surface area contributed by atoms with Crippen LogP contribution in [-0.4, -0.2) is 21.9 Å². The number of hydrogen-bond acceptors (Lipinski definition) is 3. The van der Waals surface area contributed by atoms with Crippen molar-refractivity contribution in [1.82, 2.24) is 9.55 Å². The van der Waals surface area contributed by atoms with Crippen molar-refractivity contribution in [3.8, 4) is 5.75 Å². The summed E-state index contributed by atoms with van der Waals surface area (Å²) in [4.78, 5) is 16.3. The van der Waals surface area contributed by atoms with Gasteiger partial charge in [-0.25, -0.2) is 4.98 Å². The summed E-state index contributed by atoms with van der Waals surface area (Å²) >= 11 is 5.67. The van der Waals surface area contributed by atoms with Crippen molar-refractivity contribution in [2.45, 2.75) is 31.6 Å². The molecule has 3 rings (SSSR count). The van der Waals surface area contributed by atoms with E-state index in [0.717, 1.165) is 29.9 Å². The Bertz CT molecular complexity index is 672. The fourth-order valence-corrected chi connectivity index (χ4v) is 3.33. The number of aryl methyl sites for hydroxylation is 1. The van der Waals surface area contributed by atoms with Gasteiger partial charge in [-0.15, -0.1) is 0 Å². The molecular formula is C15H17ClN2O2. The zero-order valence-corrected chi connectivity index (χ0v) is 12.4. The topological polar surface area (TPSA) is 44.1 Å². The molecule has 1 saturated carbocycles. The minimum Gasteiger partial charge on any atom is -0.494 e. The second kappa shape index (κ2) is 5.09. The molecule has 0 unspecified atom stereocenters. The van der Waals surface area contributed by atoms with Gasteiger partial charge in [-0.05, 0) is 36.6 Å². The molecule has 4 nitrogen and oxygen atoms in total. The Morgan fingerprint density at radius 2 is 2.10 bits per heavy atom. The summed E-state index contributed by atoms with van der Waals surface area (Å²) in [6, 6.07) is 3.46. The summed E-state index contributed by atoms with van der Waals surface area (Å²) in [6.07, 6.45) is 4.80. The number of carbonyl (C=O) groups is 1. The third-order valence-electron chi connectivity index (χ3n) is 4.17. The molecule has 0 spiro atoms. The lowest BCUT2D eigenvalue weighted by Gasteiger charge is -2.10. The molecule has 106 valence electrons. The number of ether oxygens (including phenoxy) is 1. The molecule has 1 heterocycles. The first-order valence-electron chi connectivity index (χ1n) is 6.86. The number of rotatable bonds is 3. The monoisotopic (exact) mass is 292 g/mol. The Kier molecular flexibility index (Phi) is 3.42. The minimum absolute atomic E-state index is 0.447. The maximum atomic E-state index is 11.6. The van der Waals surface area contributed by atoms with Gasteiger partial charge in [0.15, 0.2) is 0 Å². The smallest absolute Gasteiger partial charge is 0.254 e. The van der Waals surface area contributed by atoms with Crippen molar-refractivity contribution in [2.75, 3.05) is 7.11 Å². The highest BCUT2D eigenvalue weighted by Crippen LogP contribution is 2.37. The number of nitrogens with zero attached hydrogens (tertiary/aromatic N) is 2. The normalized spacial score (nSPS) is 15.9. The zero-order valence-electron chi connectivity index (χ0n) is 11.6. The summed E-state index contributed by atoms with van der Waals surface area (Å²) in [6.45, 7) is 0. The fraction of sp³-hybridized carbons (Fsp3) is 0.467. The van der Waals surface area contributed by atoms with Crippen molar-refractivity contribution >= 4 is 27.9 Å². The second-order valence-electron chi connectivity index (χ2n) is 5.30. The van der Waals surface area contributed by atoms with E-state index in [1.54, 1.807) is 19.2 Å². The van der Waals surface area contributed by atoms with Gasteiger partial charge in [-0.3, -0.25) is 4.79 Å². The number of imidazole rings is 1. The summed E-state index contributed by atoms with van der Waals surface area (Å²) in [5.41, 5.74) is 1.94. The van der Waals surface area contributed by atoms with Gasteiger partial charge in [0.05, 0.1) is 12.7 Å². The summed E-state index contributed by atoms with van der Waals surface area (Å²) < 4.78 is 7.45. The van der Waals surface area contributed by atoms with Crippen LogP contribution >= 0.6 is 11.6 Å². The highest BCUT2D eigenvalue weighted by Gasteiger charge is 2.25. The Labute approximate surface area is 122 Å². The number of aromatic nitrogens is 2. The predicted molar refractivity (Wildman–Crippen MR) is 78.7 cm³/mol. The van der Waals surface area contributed by atoms with Gasteiger partial charge in [0.2, 0.25) is 0 Å². The number of methoxy groups -OCH3 is 1. The molecular weight excluding hydrogens is 276 g/mol. The van der Waals surface area contributed by atoms with Gasteiger partial charge in [0.1, 0.15) is 22.6 Å². The fourth-order valence-electron chi connectivity index (χ4n) is 3.18. The van der Waals surface area contributed by atoms with Gasteiger partial charge >= 0.3 is 0 Å². The number of hydrogen-bond donors (Lipinski definition) is 0. The highest BCUT2D eigenvalue weighted by molar-refractivity contribution is 6.68. The lowest BCUT2D eigenvalue weighted by atomic mass is 10.1. The van der Waals surface area contributed by atoms with Gasteiger partial charge in [-0.2, -0.15) is 0 Å².